The molecule has 8 nitrogen and oxygen atoms in total. The molecule has 0 unspecified atom stereocenters. The first kappa shape index (κ1) is 22.1. The molecule has 0 saturated heterocycles. The molecular weight excluding hydrogens is 444 g/mol. The number of ether oxygens (including phenoxy) is 1. The zero-order chi connectivity index (χ0) is 22.6. The van der Waals surface area contributed by atoms with Crippen molar-refractivity contribution < 1.29 is 27.9 Å². The molecule has 0 bridgehead atoms. The lowest BCUT2D eigenvalue weighted by Gasteiger charge is -2.14. The highest BCUT2D eigenvalue weighted by Gasteiger charge is 2.20. The van der Waals surface area contributed by atoms with Crippen molar-refractivity contribution in [2.75, 3.05) is 17.1 Å². The second-order valence-electron chi connectivity index (χ2n) is 6.31. The van der Waals surface area contributed by atoms with Gasteiger partial charge < -0.3 is 15.2 Å². The third-order valence-corrected chi connectivity index (χ3v) is 5.86. The third kappa shape index (κ3) is 5.33. The number of carbonyl (C=O) groups excluding carboxylic acids is 1. The Balaban J connectivity index is 1.91. The molecule has 0 aliphatic heterocycles. The maximum absolute atomic E-state index is 12.9. The van der Waals surface area contributed by atoms with Crippen molar-refractivity contribution in [1.29, 1.82) is 0 Å². The van der Waals surface area contributed by atoms with Gasteiger partial charge in [0.2, 0.25) is 0 Å². The number of sulfonamides is 1. The molecule has 160 valence electrons. The van der Waals surface area contributed by atoms with E-state index < -0.39 is 21.9 Å². The van der Waals surface area contributed by atoms with E-state index in [1.165, 1.54) is 73.8 Å². The number of carboxylic acids is 1. The van der Waals surface area contributed by atoms with Crippen molar-refractivity contribution >= 4 is 44.9 Å². The predicted octanol–water partition coefficient (Wildman–Crippen LogP) is 4.10. The number of carbonyl (C=O) groups is 2. The van der Waals surface area contributed by atoms with Crippen molar-refractivity contribution in [3.63, 3.8) is 0 Å². The highest BCUT2D eigenvalue weighted by Crippen LogP contribution is 2.26. The van der Waals surface area contributed by atoms with Crippen LogP contribution in [0.15, 0.2) is 71.6 Å². The molecule has 0 aliphatic rings. The number of carboxylic acid groups (broad SMARTS) is 1. The van der Waals surface area contributed by atoms with E-state index >= 15 is 0 Å². The predicted molar refractivity (Wildman–Crippen MR) is 117 cm³/mol. The van der Waals surface area contributed by atoms with Crippen LogP contribution in [0.2, 0.25) is 5.02 Å². The molecule has 0 spiro atoms. The molecule has 0 radical (unpaired) electrons. The van der Waals surface area contributed by atoms with Crippen LogP contribution in [0.4, 0.5) is 11.4 Å². The van der Waals surface area contributed by atoms with E-state index in [1.54, 1.807) is 0 Å². The normalized spacial score (nSPS) is 10.9. The summed E-state index contributed by atoms with van der Waals surface area (Å²) in [5, 5.41) is 12.0. The fourth-order valence-electron chi connectivity index (χ4n) is 2.64. The zero-order valence-corrected chi connectivity index (χ0v) is 17.7. The summed E-state index contributed by atoms with van der Waals surface area (Å²) in [7, 11) is -2.57. The summed E-state index contributed by atoms with van der Waals surface area (Å²) in [5.74, 6) is -1.36. The van der Waals surface area contributed by atoms with E-state index in [9.17, 15) is 18.0 Å². The number of nitrogens with one attached hydrogen (secondary N) is 2. The van der Waals surface area contributed by atoms with E-state index in [-0.39, 0.29) is 21.7 Å². The Morgan fingerprint density at radius 1 is 0.968 bits per heavy atom. The van der Waals surface area contributed by atoms with Gasteiger partial charge >= 0.3 is 5.97 Å². The largest absolute Gasteiger partial charge is 0.497 e. The Morgan fingerprint density at radius 3 is 2.19 bits per heavy atom. The Bertz CT molecular complexity index is 1230. The molecular formula is C21H17ClN2O6S. The lowest BCUT2D eigenvalue weighted by molar-refractivity contribution is 0.0696. The van der Waals surface area contributed by atoms with E-state index in [1.807, 2.05) is 0 Å². The molecule has 3 N–H and O–H groups in total. The number of rotatable bonds is 7. The SMILES string of the molecule is COc1ccc(NS(=O)(=O)c2ccc(Cl)cc2)c(C(=O)Nc2ccc(C(=O)O)cc2)c1. The summed E-state index contributed by atoms with van der Waals surface area (Å²) >= 11 is 5.81. The fourth-order valence-corrected chi connectivity index (χ4v) is 3.84. The van der Waals surface area contributed by atoms with Crippen LogP contribution in [0, 0.1) is 0 Å². The van der Waals surface area contributed by atoms with Gasteiger partial charge in [0.15, 0.2) is 0 Å². The van der Waals surface area contributed by atoms with Crippen molar-refractivity contribution in [2.45, 2.75) is 4.90 Å². The van der Waals surface area contributed by atoms with Gasteiger partial charge in [0.05, 0.1) is 28.8 Å². The number of hydrogen-bond donors (Lipinski definition) is 3. The average Bonchev–Trinajstić information content (AvgIpc) is 2.74. The number of hydrogen-bond acceptors (Lipinski definition) is 5. The van der Waals surface area contributed by atoms with Gasteiger partial charge in [-0.2, -0.15) is 0 Å². The van der Waals surface area contributed by atoms with Gasteiger partial charge in [0.1, 0.15) is 5.75 Å². The molecule has 3 rings (SSSR count). The lowest BCUT2D eigenvalue weighted by Crippen LogP contribution is -2.19. The lowest BCUT2D eigenvalue weighted by atomic mass is 10.1. The molecule has 0 aliphatic carbocycles. The van der Waals surface area contributed by atoms with Crippen LogP contribution in [0.5, 0.6) is 5.75 Å². The number of halogens is 1. The van der Waals surface area contributed by atoms with E-state index in [2.05, 4.69) is 10.0 Å². The Labute approximate surface area is 183 Å². The number of aromatic carboxylic acids is 1. The summed E-state index contributed by atoms with van der Waals surface area (Å²) in [5.41, 5.74) is 0.453. The summed E-state index contributed by atoms with van der Waals surface area (Å²) in [4.78, 5) is 23.8. The van der Waals surface area contributed by atoms with Crippen LogP contribution in [0.25, 0.3) is 0 Å². The Hall–Kier alpha value is -3.56. The van der Waals surface area contributed by atoms with Crippen molar-refractivity contribution in [2.24, 2.45) is 0 Å². The monoisotopic (exact) mass is 460 g/mol. The fraction of sp³-hybridized carbons (Fsp3) is 0.0476. The minimum absolute atomic E-state index is 0.0131. The van der Waals surface area contributed by atoms with Crippen molar-refractivity contribution in [3.8, 4) is 5.75 Å². The van der Waals surface area contributed by atoms with Crippen LogP contribution >= 0.6 is 11.6 Å². The van der Waals surface area contributed by atoms with Crippen LogP contribution in [0.3, 0.4) is 0 Å². The topological polar surface area (TPSA) is 122 Å². The van der Waals surface area contributed by atoms with Crippen LogP contribution in [-0.4, -0.2) is 32.5 Å². The minimum Gasteiger partial charge on any atom is -0.497 e. The first-order chi connectivity index (χ1) is 14.7. The van der Waals surface area contributed by atoms with Crippen LogP contribution in [-0.2, 0) is 10.0 Å². The van der Waals surface area contributed by atoms with Gasteiger partial charge in [-0.15, -0.1) is 0 Å². The Kier molecular flexibility index (Phi) is 6.47. The molecule has 0 heterocycles. The summed E-state index contributed by atoms with van der Waals surface area (Å²) in [6.07, 6.45) is 0. The smallest absolute Gasteiger partial charge is 0.335 e. The number of methoxy groups -OCH3 is 1. The molecule has 3 aromatic carbocycles. The van der Waals surface area contributed by atoms with Gasteiger partial charge in [0, 0.05) is 10.7 Å². The van der Waals surface area contributed by atoms with Gasteiger partial charge in [-0.3, -0.25) is 9.52 Å². The summed E-state index contributed by atoms with van der Waals surface area (Å²) < 4.78 is 33.0. The number of amides is 1. The molecule has 31 heavy (non-hydrogen) atoms. The van der Waals surface area contributed by atoms with Gasteiger partial charge in [-0.1, -0.05) is 11.6 Å². The number of benzene rings is 3. The maximum Gasteiger partial charge on any atom is 0.335 e. The second-order valence-corrected chi connectivity index (χ2v) is 8.43. The summed E-state index contributed by atoms with van der Waals surface area (Å²) in [6.45, 7) is 0. The molecule has 0 aromatic heterocycles. The highest BCUT2D eigenvalue weighted by molar-refractivity contribution is 7.92. The minimum atomic E-state index is -3.99. The quantitative estimate of drug-likeness (QED) is 0.488. The van der Waals surface area contributed by atoms with Crippen LogP contribution in [0.1, 0.15) is 20.7 Å². The molecule has 10 heteroatoms. The molecule has 1 amide bonds. The van der Waals surface area contributed by atoms with Gasteiger partial charge in [-0.05, 0) is 66.7 Å². The van der Waals surface area contributed by atoms with E-state index in [0.29, 0.717) is 16.5 Å². The zero-order valence-electron chi connectivity index (χ0n) is 16.1. The third-order valence-electron chi connectivity index (χ3n) is 4.23. The Morgan fingerprint density at radius 2 is 1.61 bits per heavy atom. The first-order valence-electron chi connectivity index (χ1n) is 8.81. The van der Waals surface area contributed by atoms with Gasteiger partial charge in [-0.25, -0.2) is 13.2 Å². The van der Waals surface area contributed by atoms with E-state index in [0.717, 1.165) is 0 Å². The highest BCUT2D eigenvalue weighted by atomic mass is 35.5. The molecule has 3 aromatic rings. The maximum atomic E-state index is 12.9. The van der Waals surface area contributed by atoms with Gasteiger partial charge in [0.25, 0.3) is 15.9 Å². The number of anilines is 2. The van der Waals surface area contributed by atoms with Crippen molar-refractivity contribution in [1.82, 2.24) is 0 Å². The van der Waals surface area contributed by atoms with Crippen LogP contribution < -0.4 is 14.8 Å². The second kappa shape index (κ2) is 9.07. The molecule has 0 saturated carbocycles. The standard InChI is InChI=1S/C21H17ClN2O6S/c1-30-16-8-11-19(24-31(28,29)17-9-4-14(22)5-10-17)18(12-16)20(25)23-15-6-2-13(3-7-15)21(26)27/h2-12,24H,1H3,(H,23,25)(H,26,27). The average molecular weight is 461 g/mol. The molecule has 0 atom stereocenters. The molecule has 0 fully saturated rings. The van der Waals surface area contributed by atoms with Crippen molar-refractivity contribution in [3.05, 3.63) is 82.9 Å². The summed E-state index contributed by atoms with van der Waals surface area (Å²) in [6, 6.07) is 15.4. The first-order valence-corrected chi connectivity index (χ1v) is 10.7. The van der Waals surface area contributed by atoms with E-state index in [4.69, 9.17) is 21.4 Å².